The molecule has 9 heteroatoms. The molecule has 2 saturated carbocycles. The van der Waals surface area contributed by atoms with Gasteiger partial charge in [-0.15, -0.1) is 10.2 Å². The van der Waals surface area contributed by atoms with E-state index in [1.165, 1.54) is 24.6 Å². The van der Waals surface area contributed by atoms with E-state index in [0.29, 0.717) is 23.3 Å². The second-order valence-corrected chi connectivity index (χ2v) is 9.71. The number of amides is 1. The van der Waals surface area contributed by atoms with Gasteiger partial charge >= 0.3 is 0 Å². The van der Waals surface area contributed by atoms with Gasteiger partial charge in [0.05, 0.1) is 16.6 Å². The minimum Gasteiger partial charge on any atom is -0.319 e. The Hall–Kier alpha value is -2.81. The number of rotatable bonds is 7. The Bertz CT molecular complexity index is 1190. The second kappa shape index (κ2) is 7.71. The predicted molar refractivity (Wildman–Crippen MR) is 120 cm³/mol. The fourth-order valence-corrected chi connectivity index (χ4v) is 4.74. The number of nitrogens with zero attached hydrogens (tertiary/aromatic N) is 5. The van der Waals surface area contributed by atoms with Crippen molar-refractivity contribution in [2.75, 3.05) is 5.32 Å². The zero-order chi connectivity index (χ0) is 21.7. The third kappa shape index (κ3) is 3.71. The summed E-state index contributed by atoms with van der Waals surface area (Å²) in [5, 5.41) is 12.1. The van der Waals surface area contributed by atoms with Gasteiger partial charge in [0.2, 0.25) is 5.91 Å². The van der Waals surface area contributed by atoms with Gasteiger partial charge in [0, 0.05) is 19.0 Å². The Morgan fingerprint density at radius 3 is 2.52 bits per heavy atom. The summed E-state index contributed by atoms with van der Waals surface area (Å²) in [6, 6.07) is 9.87. The van der Waals surface area contributed by atoms with Crippen molar-refractivity contribution in [1.29, 1.82) is 0 Å². The van der Waals surface area contributed by atoms with Gasteiger partial charge in [-0.25, -0.2) is 4.68 Å². The van der Waals surface area contributed by atoms with Gasteiger partial charge < -0.3 is 9.88 Å². The number of benzene rings is 1. The number of thioether (sulfide) groups is 1. The van der Waals surface area contributed by atoms with Gasteiger partial charge in [0.25, 0.3) is 5.56 Å². The molecule has 5 rings (SSSR count). The molecule has 1 aromatic carbocycles. The highest BCUT2D eigenvalue weighted by molar-refractivity contribution is 8.00. The van der Waals surface area contributed by atoms with Gasteiger partial charge in [-0.1, -0.05) is 30.0 Å². The van der Waals surface area contributed by atoms with Gasteiger partial charge in [-0.05, 0) is 51.7 Å². The summed E-state index contributed by atoms with van der Waals surface area (Å²) in [6.07, 6.45) is 4.64. The van der Waals surface area contributed by atoms with Crippen LogP contribution in [0.25, 0.3) is 5.69 Å². The molecule has 0 saturated heterocycles. The molecule has 2 fully saturated rings. The Morgan fingerprint density at radius 1 is 1.16 bits per heavy atom. The van der Waals surface area contributed by atoms with Crippen LogP contribution in [0.4, 0.5) is 5.69 Å². The number of hydrogen-bond acceptors (Lipinski definition) is 5. The van der Waals surface area contributed by atoms with Crippen LogP contribution in [0, 0.1) is 6.92 Å². The van der Waals surface area contributed by atoms with Crippen LogP contribution in [0.3, 0.4) is 0 Å². The normalized spacial score (nSPS) is 17.0. The number of carbonyl (C=O) groups is 1. The Kier molecular flexibility index (Phi) is 5.00. The molecule has 1 unspecified atom stereocenters. The topological polar surface area (TPSA) is 86.7 Å². The summed E-state index contributed by atoms with van der Waals surface area (Å²) in [4.78, 5) is 26.0. The highest BCUT2D eigenvalue weighted by atomic mass is 32.2. The first kappa shape index (κ1) is 20.1. The van der Waals surface area contributed by atoms with Crippen LogP contribution >= 0.6 is 11.8 Å². The zero-order valence-corrected chi connectivity index (χ0v) is 18.7. The smallest absolute Gasteiger partial charge is 0.295 e. The molecule has 1 N–H and O–H groups in total. The molecule has 31 heavy (non-hydrogen) atoms. The second-order valence-electron chi connectivity index (χ2n) is 8.40. The largest absolute Gasteiger partial charge is 0.319 e. The molecule has 2 aliphatic carbocycles. The number of anilines is 1. The van der Waals surface area contributed by atoms with E-state index >= 15 is 0 Å². The molecule has 0 radical (unpaired) electrons. The third-order valence-electron chi connectivity index (χ3n) is 6.00. The number of nitrogens with one attached hydrogen (secondary N) is 1. The Morgan fingerprint density at radius 2 is 1.87 bits per heavy atom. The van der Waals surface area contributed by atoms with Crippen molar-refractivity contribution in [2.45, 2.75) is 61.9 Å². The van der Waals surface area contributed by atoms with E-state index in [9.17, 15) is 9.59 Å². The average Bonchev–Trinajstić information content (AvgIpc) is 3.70. The van der Waals surface area contributed by atoms with Crippen molar-refractivity contribution in [2.24, 2.45) is 7.05 Å². The third-order valence-corrected chi connectivity index (χ3v) is 7.06. The average molecular weight is 439 g/mol. The van der Waals surface area contributed by atoms with Crippen LogP contribution in [0.15, 0.2) is 40.3 Å². The first-order chi connectivity index (χ1) is 15.0. The summed E-state index contributed by atoms with van der Waals surface area (Å²) in [6.45, 7) is 3.68. The number of carbonyl (C=O) groups excluding carboxylic acids is 1. The summed E-state index contributed by atoms with van der Waals surface area (Å²) >= 11 is 1.41. The minimum atomic E-state index is -0.405. The number of hydrogen-bond donors (Lipinski definition) is 1. The predicted octanol–water partition coefficient (Wildman–Crippen LogP) is 3.41. The van der Waals surface area contributed by atoms with Crippen molar-refractivity contribution in [3.05, 3.63) is 52.2 Å². The zero-order valence-electron chi connectivity index (χ0n) is 17.9. The highest BCUT2D eigenvalue weighted by Crippen LogP contribution is 2.46. The van der Waals surface area contributed by atoms with Crippen molar-refractivity contribution in [1.82, 2.24) is 24.1 Å². The lowest BCUT2D eigenvalue weighted by molar-refractivity contribution is -0.115. The molecule has 1 atom stereocenters. The fourth-order valence-electron chi connectivity index (χ4n) is 3.81. The van der Waals surface area contributed by atoms with Crippen molar-refractivity contribution in [3.8, 4) is 5.69 Å². The molecule has 2 aromatic heterocycles. The van der Waals surface area contributed by atoms with Crippen LogP contribution < -0.4 is 10.9 Å². The van der Waals surface area contributed by atoms with Crippen LogP contribution in [0.2, 0.25) is 0 Å². The van der Waals surface area contributed by atoms with Gasteiger partial charge in [-0.3, -0.25) is 14.3 Å². The Labute approximate surface area is 184 Å². The molecule has 0 spiro atoms. The highest BCUT2D eigenvalue weighted by Gasteiger charge is 2.37. The SMILES string of the molecule is Cc1c(NC(=O)C(C)Sc2nnc(C3CC3)n2C2CC2)c(=O)n(-c2ccccc2)n1C. The maximum Gasteiger partial charge on any atom is 0.295 e. The first-order valence-electron chi connectivity index (χ1n) is 10.7. The molecular weight excluding hydrogens is 412 g/mol. The van der Waals surface area contributed by atoms with Gasteiger partial charge in [0.1, 0.15) is 11.5 Å². The fraction of sp³-hybridized carbons (Fsp3) is 0.455. The minimum absolute atomic E-state index is 0.214. The maximum atomic E-state index is 13.1. The van der Waals surface area contributed by atoms with E-state index in [0.717, 1.165) is 29.5 Å². The number of aromatic nitrogens is 5. The van der Waals surface area contributed by atoms with Gasteiger partial charge in [0.15, 0.2) is 5.16 Å². The lowest BCUT2D eigenvalue weighted by atomic mass is 10.3. The van der Waals surface area contributed by atoms with E-state index in [-0.39, 0.29) is 11.5 Å². The van der Waals surface area contributed by atoms with Crippen LogP contribution in [0.1, 0.15) is 56.1 Å². The van der Waals surface area contributed by atoms with Crippen molar-refractivity contribution in [3.63, 3.8) is 0 Å². The van der Waals surface area contributed by atoms with E-state index < -0.39 is 5.25 Å². The molecule has 1 amide bonds. The molecule has 0 aliphatic heterocycles. The van der Waals surface area contributed by atoms with E-state index in [1.807, 2.05) is 51.2 Å². The summed E-state index contributed by atoms with van der Waals surface area (Å²) in [7, 11) is 1.81. The molecule has 0 bridgehead atoms. The van der Waals surface area contributed by atoms with Crippen LogP contribution in [-0.4, -0.2) is 35.3 Å². The van der Waals surface area contributed by atoms with Crippen LogP contribution in [-0.2, 0) is 11.8 Å². The molecular formula is C22H26N6O2S. The quantitative estimate of drug-likeness (QED) is 0.571. The molecule has 8 nitrogen and oxygen atoms in total. The van der Waals surface area contributed by atoms with Gasteiger partial charge in [-0.2, -0.15) is 0 Å². The van der Waals surface area contributed by atoms with E-state index in [1.54, 1.807) is 9.36 Å². The molecule has 3 aromatic rings. The van der Waals surface area contributed by atoms with E-state index in [2.05, 4.69) is 20.1 Å². The molecule has 162 valence electrons. The standard InChI is InChI=1S/C22H26N6O2S/c1-13-18(21(30)28(26(13)3)17-7-5-4-6-8-17)23-20(29)14(2)31-22-25-24-19(15-9-10-15)27(22)16-11-12-16/h4-8,14-16H,9-12H2,1-3H3,(H,23,29). The van der Waals surface area contributed by atoms with E-state index in [4.69, 9.17) is 0 Å². The lowest BCUT2D eigenvalue weighted by Gasteiger charge is -2.13. The summed E-state index contributed by atoms with van der Waals surface area (Å²) in [5.41, 5.74) is 1.53. The molecule has 2 heterocycles. The monoisotopic (exact) mass is 438 g/mol. The first-order valence-corrected chi connectivity index (χ1v) is 11.6. The van der Waals surface area contributed by atoms with Crippen molar-refractivity contribution >= 4 is 23.4 Å². The van der Waals surface area contributed by atoms with Crippen molar-refractivity contribution < 1.29 is 4.79 Å². The maximum absolute atomic E-state index is 13.1. The lowest BCUT2D eigenvalue weighted by Crippen LogP contribution is -2.27. The van der Waals surface area contributed by atoms with Crippen LogP contribution in [0.5, 0.6) is 0 Å². The Balaban J connectivity index is 1.36. The summed E-state index contributed by atoms with van der Waals surface area (Å²) in [5.74, 6) is 1.38. The number of para-hydroxylation sites is 1. The molecule has 2 aliphatic rings. The summed E-state index contributed by atoms with van der Waals surface area (Å²) < 4.78 is 5.56.